The Morgan fingerprint density at radius 2 is 0.841 bits per heavy atom. The molecular weight excluding hydrogens is 598 g/mol. The molecule has 0 atom stereocenters. The molecule has 1 nitrogen and oxygen atoms in total. The van der Waals surface area contributed by atoms with Crippen LogP contribution in [0.3, 0.4) is 0 Å². The van der Waals surface area contributed by atoms with Gasteiger partial charge in [0, 0.05) is 20.9 Å². The number of halogens is 1. The summed E-state index contributed by atoms with van der Waals surface area (Å²) in [5.41, 5.74) is 13.3. The lowest BCUT2D eigenvalue weighted by molar-refractivity contribution is 1.18. The average Bonchev–Trinajstić information content (AvgIpc) is 3.42. The van der Waals surface area contributed by atoms with E-state index in [-0.39, 0.29) is 0 Å². The van der Waals surface area contributed by atoms with Crippen molar-refractivity contribution in [2.24, 2.45) is 0 Å². The van der Waals surface area contributed by atoms with Crippen molar-refractivity contribution in [3.63, 3.8) is 0 Å². The monoisotopic (exact) mass is 625 g/mol. The average molecular weight is 627 g/mol. The number of aromatic nitrogens is 1. The summed E-state index contributed by atoms with van der Waals surface area (Å²) in [5.74, 6) is 0. The molecule has 8 aromatic rings. The van der Waals surface area contributed by atoms with E-state index >= 15 is 0 Å². The molecule has 0 radical (unpaired) electrons. The van der Waals surface area contributed by atoms with Crippen molar-refractivity contribution in [1.82, 2.24) is 4.57 Å². The summed E-state index contributed by atoms with van der Waals surface area (Å²) in [7, 11) is 0. The zero-order valence-electron chi connectivity index (χ0n) is 24.0. The van der Waals surface area contributed by atoms with Gasteiger partial charge in [-0.2, -0.15) is 0 Å². The minimum absolute atomic E-state index is 1.08. The number of benzene rings is 7. The van der Waals surface area contributed by atoms with Crippen molar-refractivity contribution in [2.45, 2.75) is 0 Å². The van der Waals surface area contributed by atoms with Crippen molar-refractivity contribution in [3.8, 4) is 50.2 Å². The maximum Gasteiger partial charge on any atom is 0.0547 e. The Morgan fingerprint density at radius 3 is 1.52 bits per heavy atom. The van der Waals surface area contributed by atoms with E-state index in [1.807, 2.05) is 0 Å². The number of fused-ring (bicyclic) bond motifs is 3. The van der Waals surface area contributed by atoms with Crippen molar-refractivity contribution in [2.75, 3.05) is 0 Å². The van der Waals surface area contributed by atoms with Crippen LogP contribution in [0, 0.1) is 0 Å². The lowest BCUT2D eigenvalue weighted by Gasteiger charge is -2.14. The van der Waals surface area contributed by atoms with Crippen LogP contribution in [0.4, 0.5) is 0 Å². The van der Waals surface area contributed by atoms with Gasteiger partial charge in [0.2, 0.25) is 0 Å². The molecule has 0 fully saturated rings. The molecule has 0 aliphatic heterocycles. The summed E-state index contributed by atoms with van der Waals surface area (Å²) in [5, 5.41) is 2.51. The fourth-order valence-corrected chi connectivity index (χ4v) is 6.85. The topological polar surface area (TPSA) is 4.93 Å². The normalized spacial score (nSPS) is 11.3. The zero-order chi connectivity index (χ0) is 29.5. The predicted molar refractivity (Wildman–Crippen MR) is 190 cm³/mol. The maximum atomic E-state index is 3.66. The third kappa shape index (κ3) is 4.65. The van der Waals surface area contributed by atoms with Crippen LogP contribution < -0.4 is 0 Å². The van der Waals surface area contributed by atoms with Crippen molar-refractivity contribution in [3.05, 3.63) is 174 Å². The van der Waals surface area contributed by atoms with Crippen LogP contribution in [-0.2, 0) is 0 Å². The van der Waals surface area contributed by atoms with E-state index in [0.717, 1.165) is 10.2 Å². The number of hydrogen-bond donors (Lipinski definition) is 0. The Hall–Kier alpha value is -5.18. The molecule has 1 heterocycles. The van der Waals surface area contributed by atoms with E-state index in [4.69, 9.17) is 0 Å². The smallest absolute Gasteiger partial charge is 0.0547 e. The van der Waals surface area contributed by atoms with Gasteiger partial charge in [-0.3, -0.25) is 0 Å². The number of nitrogens with zero attached hydrogens (tertiary/aromatic N) is 1. The first-order chi connectivity index (χ1) is 21.7. The Balaban J connectivity index is 1.28. The number of hydrogen-bond acceptors (Lipinski definition) is 0. The molecule has 7 aromatic carbocycles. The van der Waals surface area contributed by atoms with Crippen molar-refractivity contribution < 1.29 is 0 Å². The van der Waals surface area contributed by atoms with Gasteiger partial charge in [-0.05, 0) is 80.9 Å². The molecule has 0 aliphatic carbocycles. The minimum Gasteiger partial charge on any atom is -0.309 e. The van der Waals surface area contributed by atoms with Crippen molar-refractivity contribution in [1.29, 1.82) is 0 Å². The van der Waals surface area contributed by atoms with Crippen LogP contribution in [0.15, 0.2) is 174 Å². The molecule has 0 bridgehead atoms. The molecule has 0 amide bonds. The molecule has 0 saturated heterocycles. The van der Waals surface area contributed by atoms with Gasteiger partial charge < -0.3 is 4.57 Å². The Bertz CT molecular complexity index is 2280. The van der Waals surface area contributed by atoms with E-state index in [1.165, 1.54) is 66.3 Å². The SMILES string of the molecule is Brc1cccc(-c2ccccc2-c2ccc3c4ccccc4n(-c4ccc(-c5ccccc5-c5ccccc5)cc4)c3c2)c1. The number of rotatable bonds is 5. The second-order valence-electron chi connectivity index (χ2n) is 11.1. The molecule has 0 spiro atoms. The van der Waals surface area contributed by atoms with E-state index in [9.17, 15) is 0 Å². The predicted octanol–water partition coefficient (Wildman–Crippen LogP) is 12.2. The van der Waals surface area contributed by atoms with Crippen LogP contribution in [0.25, 0.3) is 72.0 Å². The second kappa shape index (κ2) is 11.1. The van der Waals surface area contributed by atoms with Gasteiger partial charge in [0.15, 0.2) is 0 Å². The molecule has 0 unspecified atom stereocenters. The molecule has 0 N–H and O–H groups in total. The van der Waals surface area contributed by atoms with Gasteiger partial charge in [-0.1, -0.05) is 149 Å². The molecule has 8 rings (SSSR count). The van der Waals surface area contributed by atoms with Gasteiger partial charge >= 0.3 is 0 Å². The highest BCUT2D eigenvalue weighted by molar-refractivity contribution is 9.10. The molecule has 0 saturated carbocycles. The zero-order valence-corrected chi connectivity index (χ0v) is 25.6. The van der Waals surface area contributed by atoms with Gasteiger partial charge in [0.05, 0.1) is 11.0 Å². The lowest BCUT2D eigenvalue weighted by Crippen LogP contribution is -1.94. The highest BCUT2D eigenvalue weighted by atomic mass is 79.9. The summed E-state index contributed by atoms with van der Waals surface area (Å²) in [4.78, 5) is 0. The van der Waals surface area contributed by atoms with E-state index < -0.39 is 0 Å². The van der Waals surface area contributed by atoms with E-state index in [2.05, 4.69) is 190 Å². The van der Waals surface area contributed by atoms with Crippen LogP contribution >= 0.6 is 15.9 Å². The molecule has 208 valence electrons. The summed E-state index contributed by atoms with van der Waals surface area (Å²) in [6.07, 6.45) is 0. The minimum atomic E-state index is 1.08. The van der Waals surface area contributed by atoms with Crippen LogP contribution in [0.5, 0.6) is 0 Å². The van der Waals surface area contributed by atoms with Gasteiger partial charge in [0.25, 0.3) is 0 Å². The second-order valence-corrected chi connectivity index (χ2v) is 12.0. The van der Waals surface area contributed by atoms with Crippen LogP contribution in [0.2, 0.25) is 0 Å². The highest BCUT2D eigenvalue weighted by Gasteiger charge is 2.15. The van der Waals surface area contributed by atoms with Gasteiger partial charge in [-0.25, -0.2) is 0 Å². The molecule has 44 heavy (non-hydrogen) atoms. The van der Waals surface area contributed by atoms with E-state index in [1.54, 1.807) is 0 Å². The molecular formula is C42H28BrN. The largest absolute Gasteiger partial charge is 0.309 e. The van der Waals surface area contributed by atoms with Crippen LogP contribution in [0.1, 0.15) is 0 Å². The molecule has 2 heteroatoms. The Labute approximate surface area is 265 Å². The number of para-hydroxylation sites is 1. The Kier molecular flexibility index (Phi) is 6.70. The summed E-state index contributed by atoms with van der Waals surface area (Å²) in [6, 6.07) is 61.1. The first-order valence-electron chi connectivity index (χ1n) is 14.9. The summed E-state index contributed by atoms with van der Waals surface area (Å²) in [6.45, 7) is 0. The molecule has 1 aromatic heterocycles. The standard InChI is InChI=1S/C42H28BrN/c43-33-14-10-13-31(27-33)37-17-6-7-18-38(37)32-23-26-40-39-19-8-9-20-41(39)44(42(40)28-32)34-24-21-30(22-25-34)36-16-5-4-15-35(36)29-11-2-1-3-12-29/h1-28H. The summed E-state index contributed by atoms with van der Waals surface area (Å²) >= 11 is 3.66. The van der Waals surface area contributed by atoms with Crippen molar-refractivity contribution >= 4 is 37.7 Å². The fourth-order valence-electron chi connectivity index (χ4n) is 6.45. The first kappa shape index (κ1) is 26.4. The maximum absolute atomic E-state index is 3.66. The fraction of sp³-hybridized carbons (Fsp3) is 0. The lowest BCUT2D eigenvalue weighted by atomic mass is 9.94. The molecule has 0 aliphatic rings. The first-order valence-corrected chi connectivity index (χ1v) is 15.7. The quantitative estimate of drug-likeness (QED) is 0.179. The third-order valence-corrected chi connectivity index (χ3v) is 8.99. The highest BCUT2D eigenvalue weighted by Crippen LogP contribution is 2.39. The van der Waals surface area contributed by atoms with Gasteiger partial charge in [-0.15, -0.1) is 0 Å². The van der Waals surface area contributed by atoms with Gasteiger partial charge in [0.1, 0.15) is 0 Å². The van der Waals surface area contributed by atoms with Crippen LogP contribution in [-0.4, -0.2) is 4.57 Å². The third-order valence-electron chi connectivity index (χ3n) is 8.50. The van der Waals surface area contributed by atoms with E-state index in [0.29, 0.717) is 0 Å². The summed E-state index contributed by atoms with van der Waals surface area (Å²) < 4.78 is 3.48. The Morgan fingerprint density at radius 1 is 0.341 bits per heavy atom.